The molecule has 0 aliphatic carbocycles. The summed E-state index contributed by atoms with van der Waals surface area (Å²) in [5.74, 6) is 0.0210. The van der Waals surface area contributed by atoms with Crippen molar-refractivity contribution in [2.75, 3.05) is 0 Å². The highest BCUT2D eigenvalue weighted by atomic mass is 16.1. The lowest BCUT2D eigenvalue weighted by atomic mass is 9.86. The summed E-state index contributed by atoms with van der Waals surface area (Å²) in [6.45, 7) is 10.9. The summed E-state index contributed by atoms with van der Waals surface area (Å²) < 4.78 is 1.99. The van der Waals surface area contributed by atoms with Crippen LogP contribution in [0.25, 0.3) is 0 Å². The van der Waals surface area contributed by atoms with Gasteiger partial charge in [0.05, 0.1) is 24.5 Å². The number of nitrogens with one attached hydrogen (secondary N) is 2. The molecule has 22 heavy (non-hydrogen) atoms. The van der Waals surface area contributed by atoms with Gasteiger partial charge in [-0.2, -0.15) is 5.10 Å². The maximum Gasteiger partial charge on any atom is 0.224 e. The summed E-state index contributed by atoms with van der Waals surface area (Å²) >= 11 is 0. The molecule has 120 valence electrons. The Hall–Kier alpha value is -2.11. The van der Waals surface area contributed by atoms with Crippen LogP contribution in [0.1, 0.15) is 37.7 Å². The minimum Gasteiger partial charge on any atom is -0.351 e. The Morgan fingerprint density at radius 3 is 2.64 bits per heavy atom. The van der Waals surface area contributed by atoms with Crippen molar-refractivity contribution in [3.63, 3.8) is 0 Å². The third-order valence-electron chi connectivity index (χ3n) is 3.95. The first kappa shape index (κ1) is 16.3. The van der Waals surface area contributed by atoms with Gasteiger partial charge in [0.1, 0.15) is 0 Å². The Morgan fingerprint density at radius 1 is 1.41 bits per heavy atom. The van der Waals surface area contributed by atoms with Gasteiger partial charge in [0.15, 0.2) is 0 Å². The zero-order chi connectivity index (χ0) is 16.3. The zero-order valence-corrected chi connectivity index (χ0v) is 14.0. The SMILES string of the molecule is Cc1n[nH]c(C)c1CC(=O)NC(Cn1ccnc1)C(C)(C)C. The number of aromatic amines is 1. The Kier molecular flexibility index (Phi) is 4.68. The number of hydrogen-bond acceptors (Lipinski definition) is 3. The van der Waals surface area contributed by atoms with Crippen molar-refractivity contribution in [1.82, 2.24) is 25.1 Å². The molecule has 1 unspecified atom stereocenters. The molecule has 2 N–H and O–H groups in total. The molecular weight excluding hydrogens is 278 g/mol. The molecule has 2 aromatic rings. The van der Waals surface area contributed by atoms with Gasteiger partial charge in [0.25, 0.3) is 0 Å². The highest BCUT2D eigenvalue weighted by molar-refractivity contribution is 5.79. The Labute approximate surface area is 131 Å². The molecule has 0 bridgehead atoms. The molecule has 0 aliphatic rings. The van der Waals surface area contributed by atoms with E-state index in [1.807, 2.05) is 24.6 Å². The summed E-state index contributed by atoms with van der Waals surface area (Å²) in [6, 6.07) is 0.0294. The van der Waals surface area contributed by atoms with Crippen LogP contribution in [0, 0.1) is 19.3 Å². The van der Waals surface area contributed by atoms with Gasteiger partial charge >= 0.3 is 0 Å². The molecule has 1 amide bonds. The van der Waals surface area contributed by atoms with E-state index in [0.29, 0.717) is 13.0 Å². The average molecular weight is 303 g/mol. The van der Waals surface area contributed by atoms with Crippen molar-refractivity contribution in [3.05, 3.63) is 35.7 Å². The third kappa shape index (κ3) is 3.96. The summed E-state index contributed by atoms with van der Waals surface area (Å²) in [6.07, 6.45) is 5.79. The van der Waals surface area contributed by atoms with Crippen LogP contribution in [0.4, 0.5) is 0 Å². The molecule has 1 atom stereocenters. The molecule has 2 aromatic heterocycles. The molecule has 0 radical (unpaired) electrons. The fourth-order valence-corrected chi connectivity index (χ4v) is 2.38. The molecule has 2 heterocycles. The van der Waals surface area contributed by atoms with Crippen LogP contribution in [-0.2, 0) is 17.8 Å². The van der Waals surface area contributed by atoms with Gasteiger partial charge < -0.3 is 9.88 Å². The fourth-order valence-electron chi connectivity index (χ4n) is 2.38. The molecule has 2 rings (SSSR count). The van der Waals surface area contributed by atoms with Gasteiger partial charge in [-0.1, -0.05) is 20.8 Å². The Morgan fingerprint density at radius 2 is 2.14 bits per heavy atom. The van der Waals surface area contributed by atoms with E-state index in [1.165, 1.54) is 0 Å². The number of imidazole rings is 1. The number of carbonyl (C=O) groups is 1. The van der Waals surface area contributed by atoms with Crippen LogP contribution < -0.4 is 5.32 Å². The largest absolute Gasteiger partial charge is 0.351 e. The summed E-state index contributed by atoms with van der Waals surface area (Å²) in [5, 5.41) is 10.2. The fraction of sp³-hybridized carbons (Fsp3) is 0.562. The van der Waals surface area contributed by atoms with Crippen molar-refractivity contribution in [1.29, 1.82) is 0 Å². The molecule has 0 spiro atoms. The number of nitrogens with zero attached hydrogens (tertiary/aromatic N) is 3. The van der Waals surface area contributed by atoms with Crippen LogP contribution in [0.15, 0.2) is 18.7 Å². The monoisotopic (exact) mass is 303 g/mol. The number of H-pyrrole nitrogens is 1. The predicted molar refractivity (Wildman–Crippen MR) is 85.4 cm³/mol. The first-order valence-electron chi connectivity index (χ1n) is 7.53. The van der Waals surface area contributed by atoms with E-state index in [-0.39, 0.29) is 17.4 Å². The van der Waals surface area contributed by atoms with Gasteiger partial charge in [-0.15, -0.1) is 0 Å². The standard InChI is InChI=1S/C16H25N5O/c1-11-13(12(2)20-19-11)8-15(22)18-14(16(3,4)5)9-21-7-6-17-10-21/h6-7,10,14H,8-9H2,1-5H3,(H,18,22)(H,19,20). The smallest absolute Gasteiger partial charge is 0.224 e. The van der Waals surface area contributed by atoms with E-state index in [4.69, 9.17) is 0 Å². The van der Waals surface area contributed by atoms with E-state index < -0.39 is 0 Å². The number of aromatic nitrogens is 4. The second-order valence-electron chi connectivity index (χ2n) is 6.83. The van der Waals surface area contributed by atoms with Gasteiger partial charge in [0, 0.05) is 30.2 Å². The minimum absolute atomic E-state index is 0.0210. The number of aryl methyl sites for hydroxylation is 2. The maximum atomic E-state index is 12.4. The second-order valence-corrected chi connectivity index (χ2v) is 6.83. The first-order chi connectivity index (χ1) is 10.3. The number of hydrogen-bond donors (Lipinski definition) is 2. The summed E-state index contributed by atoms with van der Waals surface area (Å²) in [5.41, 5.74) is 2.78. The number of carbonyl (C=O) groups excluding carboxylic acids is 1. The van der Waals surface area contributed by atoms with Crippen molar-refractivity contribution < 1.29 is 4.79 Å². The molecule has 0 aliphatic heterocycles. The maximum absolute atomic E-state index is 12.4. The Balaban J connectivity index is 2.05. The van der Waals surface area contributed by atoms with Crippen molar-refractivity contribution in [3.8, 4) is 0 Å². The van der Waals surface area contributed by atoms with Crippen LogP contribution >= 0.6 is 0 Å². The van der Waals surface area contributed by atoms with E-state index in [0.717, 1.165) is 17.0 Å². The normalized spacial score (nSPS) is 13.1. The van der Waals surface area contributed by atoms with Gasteiger partial charge in [-0.3, -0.25) is 9.89 Å². The average Bonchev–Trinajstić information content (AvgIpc) is 3.02. The highest BCUT2D eigenvalue weighted by Crippen LogP contribution is 2.21. The van der Waals surface area contributed by atoms with Crippen molar-refractivity contribution >= 4 is 5.91 Å². The molecule has 6 heteroatoms. The molecule has 0 saturated carbocycles. The summed E-state index contributed by atoms with van der Waals surface area (Å²) in [4.78, 5) is 16.5. The lowest BCUT2D eigenvalue weighted by Crippen LogP contribution is -2.46. The molecular formula is C16H25N5O. The van der Waals surface area contributed by atoms with Crippen LogP contribution in [0.2, 0.25) is 0 Å². The molecule has 0 saturated heterocycles. The minimum atomic E-state index is -0.0413. The second kappa shape index (κ2) is 6.34. The van der Waals surface area contributed by atoms with Crippen molar-refractivity contribution in [2.24, 2.45) is 5.41 Å². The van der Waals surface area contributed by atoms with Gasteiger partial charge in [0.2, 0.25) is 5.91 Å². The van der Waals surface area contributed by atoms with Crippen LogP contribution in [0.3, 0.4) is 0 Å². The van der Waals surface area contributed by atoms with E-state index in [2.05, 4.69) is 41.3 Å². The summed E-state index contributed by atoms with van der Waals surface area (Å²) in [7, 11) is 0. The van der Waals surface area contributed by atoms with Gasteiger partial charge in [-0.05, 0) is 19.3 Å². The van der Waals surface area contributed by atoms with Crippen LogP contribution in [0.5, 0.6) is 0 Å². The predicted octanol–water partition coefficient (Wildman–Crippen LogP) is 2.00. The molecule has 0 aromatic carbocycles. The lowest BCUT2D eigenvalue weighted by molar-refractivity contribution is -0.122. The first-order valence-corrected chi connectivity index (χ1v) is 7.53. The number of rotatable bonds is 5. The Bertz CT molecular complexity index is 602. The highest BCUT2D eigenvalue weighted by Gasteiger charge is 2.27. The van der Waals surface area contributed by atoms with Gasteiger partial charge in [-0.25, -0.2) is 4.98 Å². The number of amides is 1. The molecule has 6 nitrogen and oxygen atoms in total. The van der Waals surface area contributed by atoms with E-state index >= 15 is 0 Å². The quantitative estimate of drug-likeness (QED) is 0.887. The third-order valence-corrected chi connectivity index (χ3v) is 3.95. The van der Waals surface area contributed by atoms with Crippen molar-refractivity contribution in [2.45, 2.75) is 53.6 Å². The molecule has 0 fully saturated rings. The van der Waals surface area contributed by atoms with Crippen LogP contribution in [-0.4, -0.2) is 31.7 Å². The topological polar surface area (TPSA) is 75.6 Å². The zero-order valence-electron chi connectivity index (χ0n) is 14.0. The lowest BCUT2D eigenvalue weighted by Gasteiger charge is -2.31. The van der Waals surface area contributed by atoms with E-state index in [9.17, 15) is 4.79 Å². The van der Waals surface area contributed by atoms with E-state index in [1.54, 1.807) is 12.5 Å².